The normalized spacial score (nSPS) is 16.9. The number of rotatable bonds is 4. The van der Waals surface area contributed by atoms with Crippen LogP contribution in [-0.4, -0.2) is 24.7 Å². The molecule has 0 atom stereocenters. The minimum absolute atomic E-state index is 0.722. The van der Waals surface area contributed by atoms with E-state index in [1.165, 1.54) is 35.7 Å². The van der Waals surface area contributed by atoms with Crippen LogP contribution in [0.25, 0.3) is 10.9 Å². The Bertz CT molecular complexity index is 541. The third kappa shape index (κ3) is 2.76. The Morgan fingerprint density at radius 2 is 2.11 bits per heavy atom. The second-order valence-electron chi connectivity index (χ2n) is 5.35. The Labute approximate surface area is 114 Å². The lowest BCUT2D eigenvalue weighted by molar-refractivity contribution is 0.340. The first-order valence-corrected chi connectivity index (χ1v) is 7.30. The molecule has 2 heterocycles. The summed E-state index contributed by atoms with van der Waals surface area (Å²) in [6.07, 6.45) is 5.93. The van der Waals surface area contributed by atoms with Gasteiger partial charge in [0, 0.05) is 17.1 Å². The zero-order chi connectivity index (χ0) is 13.1. The summed E-state index contributed by atoms with van der Waals surface area (Å²) in [6, 6.07) is 6.33. The van der Waals surface area contributed by atoms with E-state index in [1.54, 1.807) is 0 Å². The van der Waals surface area contributed by atoms with E-state index in [0.29, 0.717) is 0 Å². The quantitative estimate of drug-likeness (QED) is 0.884. The number of benzene rings is 1. The fourth-order valence-electron chi connectivity index (χ4n) is 2.98. The SMILES string of the molecule is CCOc1ccc2[nH]cc(CC3CCNCC3)c2c1. The predicted molar refractivity (Wildman–Crippen MR) is 78.8 cm³/mol. The van der Waals surface area contributed by atoms with Crippen molar-refractivity contribution in [2.24, 2.45) is 5.92 Å². The molecule has 0 amide bonds. The van der Waals surface area contributed by atoms with Gasteiger partial charge in [-0.05, 0) is 69.0 Å². The topological polar surface area (TPSA) is 37.0 Å². The van der Waals surface area contributed by atoms with Gasteiger partial charge in [-0.2, -0.15) is 0 Å². The Hall–Kier alpha value is -1.48. The Kier molecular flexibility index (Phi) is 3.74. The van der Waals surface area contributed by atoms with E-state index in [0.717, 1.165) is 31.4 Å². The molecular weight excluding hydrogens is 236 g/mol. The highest BCUT2D eigenvalue weighted by atomic mass is 16.5. The highest BCUT2D eigenvalue weighted by Crippen LogP contribution is 2.27. The Morgan fingerprint density at radius 3 is 2.89 bits per heavy atom. The highest BCUT2D eigenvalue weighted by molar-refractivity contribution is 5.84. The van der Waals surface area contributed by atoms with Crippen molar-refractivity contribution >= 4 is 10.9 Å². The van der Waals surface area contributed by atoms with Crippen molar-refractivity contribution in [2.45, 2.75) is 26.2 Å². The summed E-state index contributed by atoms with van der Waals surface area (Å²) in [5, 5.41) is 4.75. The lowest BCUT2D eigenvalue weighted by Crippen LogP contribution is -2.28. The molecule has 2 N–H and O–H groups in total. The minimum atomic E-state index is 0.722. The van der Waals surface area contributed by atoms with E-state index in [9.17, 15) is 0 Å². The zero-order valence-corrected chi connectivity index (χ0v) is 11.5. The van der Waals surface area contributed by atoms with Gasteiger partial charge in [0.1, 0.15) is 5.75 Å². The lowest BCUT2D eigenvalue weighted by Gasteiger charge is -2.22. The molecule has 0 unspecified atom stereocenters. The maximum absolute atomic E-state index is 5.60. The molecule has 2 aromatic rings. The van der Waals surface area contributed by atoms with Gasteiger partial charge in [-0.15, -0.1) is 0 Å². The van der Waals surface area contributed by atoms with Crippen LogP contribution in [0.4, 0.5) is 0 Å². The predicted octanol–water partition coefficient (Wildman–Crippen LogP) is 3.11. The van der Waals surface area contributed by atoms with Crippen LogP contribution in [0.2, 0.25) is 0 Å². The number of fused-ring (bicyclic) bond motifs is 1. The zero-order valence-electron chi connectivity index (χ0n) is 11.5. The number of piperidine rings is 1. The molecule has 1 aromatic heterocycles. The van der Waals surface area contributed by atoms with Gasteiger partial charge in [-0.3, -0.25) is 0 Å². The van der Waals surface area contributed by atoms with Gasteiger partial charge >= 0.3 is 0 Å². The van der Waals surface area contributed by atoms with Crippen LogP contribution in [-0.2, 0) is 6.42 Å². The molecule has 102 valence electrons. The highest BCUT2D eigenvalue weighted by Gasteiger charge is 2.15. The third-order valence-electron chi connectivity index (χ3n) is 4.02. The van der Waals surface area contributed by atoms with E-state index in [1.807, 2.05) is 13.0 Å². The molecule has 1 fully saturated rings. The van der Waals surface area contributed by atoms with E-state index in [2.05, 4.69) is 28.6 Å². The standard InChI is InChI=1S/C16H22N2O/c1-2-19-14-3-4-16-15(10-14)13(11-18-16)9-12-5-7-17-8-6-12/h3-4,10-12,17-18H,2,5-9H2,1H3. The number of nitrogens with one attached hydrogen (secondary N) is 2. The van der Waals surface area contributed by atoms with Crippen molar-refractivity contribution in [1.29, 1.82) is 0 Å². The van der Waals surface area contributed by atoms with Crippen molar-refractivity contribution in [3.05, 3.63) is 30.0 Å². The van der Waals surface area contributed by atoms with Gasteiger partial charge in [0.25, 0.3) is 0 Å². The van der Waals surface area contributed by atoms with Crippen molar-refractivity contribution in [3.8, 4) is 5.75 Å². The van der Waals surface area contributed by atoms with E-state index < -0.39 is 0 Å². The number of hydrogen-bond donors (Lipinski definition) is 2. The van der Waals surface area contributed by atoms with Gasteiger partial charge in [-0.25, -0.2) is 0 Å². The Balaban J connectivity index is 1.83. The molecule has 1 aliphatic heterocycles. The summed E-state index contributed by atoms with van der Waals surface area (Å²) in [6.45, 7) is 5.07. The molecule has 1 aromatic carbocycles. The number of hydrogen-bond acceptors (Lipinski definition) is 2. The van der Waals surface area contributed by atoms with Crippen molar-refractivity contribution in [2.75, 3.05) is 19.7 Å². The van der Waals surface area contributed by atoms with Crippen LogP contribution >= 0.6 is 0 Å². The fourth-order valence-corrected chi connectivity index (χ4v) is 2.98. The average molecular weight is 258 g/mol. The molecule has 19 heavy (non-hydrogen) atoms. The van der Waals surface area contributed by atoms with E-state index >= 15 is 0 Å². The number of aromatic amines is 1. The van der Waals surface area contributed by atoms with Gasteiger partial charge in [0.15, 0.2) is 0 Å². The second-order valence-corrected chi connectivity index (χ2v) is 5.35. The van der Waals surface area contributed by atoms with Crippen molar-refractivity contribution in [3.63, 3.8) is 0 Å². The fraction of sp³-hybridized carbons (Fsp3) is 0.500. The number of H-pyrrole nitrogens is 1. The smallest absolute Gasteiger partial charge is 0.120 e. The summed E-state index contributed by atoms with van der Waals surface area (Å²) in [5.41, 5.74) is 2.65. The average Bonchev–Trinajstić information content (AvgIpc) is 2.83. The van der Waals surface area contributed by atoms with E-state index in [4.69, 9.17) is 4.74 Å². The van der Waals surface area contributed by atoms with Gasteiger partial charge in [0.2, 0.25) is 0 Å². The second kappa shape index (κ2) is 5.66. The summed E-state index contributed by atoms with van der Waals surface area (Å²) in [7, 11) is 0. The largest absolute Gasteiger partial charge is 0.494 e. The molecule has 0 aliphatic carbocycles. The van der Waals surface area contributed by atoms with E-state index in [-0.39, 0.29) is 0 Å². The summed E-state index contributed by atoms with van der Waals surface area (Å²) >= 11 is 0. The first-order valence-electron chi connectivity index (χ1n) is 7.30. The van der Waals surface area contributed by atoms with Crippen LogP contribution in [0, 0.1) is 5.92 Å². The maximum atomic E-state index is 5.60. The van der Waals surface area contributed by atoms with Gasteiger partial charge in [-0.1, -0.05) is 0 Å². The molecule has 0 saturated carbocycles. The van der Waals surface area contributed by atoms with Crippen LogP contribution in [0.15, 0.2) is 24.4 Å². The first-order chi connectivity index (χ1) is 9.36. The first kappa shape index (κ1) is 12.5. The van der Waals surface area contributed by atoms with Crippen molar-refractivity contribution < 1.29 is 4.74 Å². The van der Waals surface area contributed by atoms with Gasteiger partial charge < -0.3 is 15.0 Å². The number of aromatic nitrogens is 1. The summed E-state index contributed by atoms with van der Waals surface area (Å²) in [4.78, 5) is 3.38. The molecule has 0 spiro atoms. The molecule has 3 heteroatoms. The molecule has 1 aliphatic rings. The van der Waals surface area contributed by atoms with Crippen LogP contribution in [0.3, 0.4) is 0 Å². The molecule has 0 radical (unpaired) electrons. The lowest BCUT2D eigenvalue weighted by atomic mass is 9.91. The van der Waals surface area contributed by atoms with Crippen LogP contribution in [0.5, 0.6) is 5.75 Å². The molecule has 3 nitrogen and oxygen atoms in total. The van der Waals surface area contributed by atoms with Crippen LogP contribution in [0.1, 0.15) is 25.3 Å². The Morgan fingerprint density at radius 1 is 1.26 bits per heavy atom. The van der Waals surface area contributed by atoms with Gasteiger partial charge in [0.05, 0.1) is 6.61 Å². The minimum Gasteiger partial charge on any atom is -0.494 e. The van der Waals surface area contributed by atoms with Crippen molar-refractivity contribution in [1.82, 2.24) is 10.3 Å². The summed E-state index contributed by atoms with van der Waals surface area (Å²) in [5.74, 6) is 1.79. The molecule has 3 rings (SSSR count). The van der Waals surface area contributed by atoms with Crippen LogP contribution < -0.4 is 10.1 Å². The number of ether oxygens (including phenoxy) is 1. The maximum Gasteiger partial charge on any atom is 0.120 e. The monoisotopic (exact) mass is 258 g/mol. The molecular formula is C16H22N2O. The third-order valence-corrected chi connectivity index (χ3v) is 4.02. The molecule has 1 saturated heterocycles. The molecule has 0 bridgehead atoms. The summed E-state index contributed by atoms with van der Waals surface area (Å²) < 4.78 is 5.60.